The molecule has 0 heterocycles. The monoisotopic (exact) mass is 292 g/mol. The van der Waals surface area contributed by atoms with Gasteiger partial charge in [-0.05, 0) is 5.92 Å². The predicted octanol–water partition coefficient (Wildman–Crippen LogP) is 0.135. The average molecular weight is 292 g/mol. The van der Waals surface area contributed by atoms with Crippen LogP contribution in [-0.4, -0.2) is 48.7 Å². The van der Waals surface area contributed by atoms with Gasteiger partial charge in [0.05, 0.1) is 7.11 Å². The lowest BCUT2D eigenvalue weighted by Crippen LogP contribution is -2.40. The van der Waals surface area contributed by atoms with Crippen LogP contribution < -0.4 is 11.5 Å². The van der Waals surface area contributed by atoms with E-state index in [0.717, 1.165) is 0 Å². The third-order valence-corrected chi connectivity index (χ3v) is 3.90. The van der Waals surface area contributed by atoms with Crippen LogP contribution in [0.3, 0.4) is 0 Å². The van der Waals surface area contributed by atoms with Gasteiger partial charge in [-0.2, -0.15) is 11.8 Å². The molecule has 4 N–H and O–H groups in total. The second kappa shape index (κ2) is 9.17. The predicted molar refractivity (Wildman–Crippen MR) is 75.7 cm³/mol. The van der Waals surface area contributed by atoms with Gasteiger partial charge in [-0.15, -0.1) is 0 Å². The fourth-order valence-corrected chi connectivity index (χ4v) is 2.05. The molecule has 0 saturated carbocycles. The van der Waals surface area contributed by atoms with E-state index in [1.165, 1.54) is 18.9 Å². The van der Waals surface area contributed by atoms with Gasteiger partial charge in [-0.3, -0.25) is 9.59 Å². The van der Waals surface area contributed by atoms with Crippen LogP contribution in [0.2, 0.25) is 0 Å². The maximum atomic E-state index is 11.5. The van der Waals surface area contributed by atoms with Crippen molar-refractivity contribution in [2.24, 2.45) is 17.4 Å². The summed E-state index contributed by atoms with van der Waals surface area (Å²) < 4.78 is 9.60. The van der Waals surface area contributed by atoms with E-state index in [9.17, 15) is 9.59 Å². The number of esters is 2. The third-order valence-electron chi connectivity index (χ3n) is 2.68. The molecule has 0 aromatic rings. The van der Waals surface area contributed by atoms with E-state index in [4.69, 9.17) is 16.2 Å². The first-order valence-electron chi connectivity index (χ1n) is 6.18. The number of nitrogens with two attached hydrogens (primary N) is 2. The minimum absolute atomic E-state index is 0.0480. The fraction of sp³-hybridized carbons (Fsp3) is 0.833. The van der Waals surface area contributed by atoms with E-state index in [0.29, 0.717) is 5.75 Å². The van der Waals surface area contributed by atoms with Crippen molar-refractivity contribution in [3.05, 3.63) is 0 Å². The van der Waals surface area contributed by atoms with E-state index >= 15 is 0 Å². The van der Waals surface area contributed by atoms with Gasteiger partial charge in [0, 0.05) is 11.0 Å². The van der Waals surface area contributed by atoms with Crippen molar-refractivity contribution in [2.45, 2.75) is 38.1 Å². The van der Waals surface area contributed by atoms with Crippen LogP contribution in [0.25, 0.3) is 0 Å². The van der Waals surface area contributed by atoms with Gasteiger partial charge < -0.3 is 20.9 Å². The number of thioether (sulfide) groups is 1. The highest BCUT2D eigenvalue weighted by Gasteiger charge is 2.22. The second-order valence-corrected chi connectivity index (χ2v) is 6.05. The Morgan fingerprint density at radius 3 is 2.16 bits per heavy atom. The molecule has 0 amide bonds. The number of carbonyl (C=O) groups is 2. The molecular weight excluding hydrogens is 268 g/mol. The van der Waals surface area contributed by atoms with E-state index in [1.54, 1.807) is 0 Å². The van der Waals surface area contributed by atoms with Gasteiger partial charge in [0.15, 0.2) is 0 Å². The number of methoxy groups -OCH3 is 1. The number of ether oxygens (including phenoxy) is 2. The van der Waals surface area contributed by atoms with Crippen molar-refractivity contribution in [3.63, 3.8) is 0 Å². The first-order chi connectivity index (χ1) is 8.81. The van der Waals surface area contributed by atoms with Gasteiger partial charge in [-0.1, -0.05) is 20.8 Å². The Balaban J connectivity index is 3.86. The molecule has 0 radical (unpaired) electrons. The van der Waals surface area contributed by atoms with Crippen LogP contribution in [0.1, 0.15) is 20.8 Å². The van der Waals surface area contributed by atoms with Crippen molar-refractivity contribution in [2.75, 3.05) is 19.5 Å². The molecule has 2 unspecified atom stereocenters. The first-order valence-corrected chi connectivity index (χ1v) is 7.23. The molecule has 19 heavy (non-hydrogen) atoms. The van der Waals surface area contributed by atoms with E-state index in [-0.39, 0.29) is 17.8 Å². The van der Waals surface area contributed by atoms with Crippen LogP contribution in [0.4, 0.5) is 0 Å². The van der Waals surface area contributed by atoms with Crippen LogP contribution in [-0.2, 0) is 19.1 Å². The Hall–Kier alpha value is -0.790. The molecular formula is C12H24N2O4S. The normalized spacial score (nSPS) is 15.7. The van der Waals surface area contributed by atoms with Gasteiger partial charge >= 0.3 is 11.9 Å². The molecule has 112 valence electrons. The average Bonchev–Trinajstić information content (AvgIpc) is 2.39. The van der Waals surface area contributed by atoms with Crippen molar-refractivity contribution >= 4 is 23.7 Å². The SMILES string of the molecule is COC(=O)C(N)C(C)SCCOC(=O)[C@@H](N)C(C)C. The van der Waals surface area contributed by atoms with E-state index < -0.39 is 24.0 Å². The molecule has 0 saturated heterocycles. The van der Waals surface area contributed by atoms with E-state index in [1.807, 2.05) is 20.8 Å². The topological polar surface area (TPSA) is 105 Å². The lowest BCUT2D eigenvalue weighted by molar-refractivity contribution is -0.145. The summed E-state index contributed by atoms with van der Waals surface area (Å²) in [5.41, 5.74) is 11.3. The summed E-state index contributed by atoms with van der Waals surface area (Å²) in [5, 5.41) is -0.107. The molecule has 7 heteroatoms. The number of hydrogen-bond acceptors (Lipinski definition) is 7. The highest BCUT2D eigenvalue weighted by molar-refractivity contribution is 8.00. The third kappa shape index (κ3) is 6.79. The van der Waals surface area contributed by atoms with Gasteiger partial charge in [0.2, 0.25) is 0 Å². The highest BCUT2D eigenvalue weighted by Crippen LogP contribution is 2.14. The fourth-order valence-electron chi connectivity index (χ4n) is 1.18. The van der Waals surface area contributed by atoms with Gasteiger partial charge in [0.25, 0.3) is 0 Å². The Bertz CT molecular complexity index is 299. The maximum Gasteiger partial charge on any atom is 0.323 e. The molecule has 6 nitrogen and oxygen atoms in total. The quantitative estimate of drug-likeness (QED) is 0.484. The van der Waals surface area contributed by atoms with Crippen molar-refractivity contribution in [1.82, 2.24) is 0 Å². The zero-order valence-electron chi connectivity index (χ0n) is 11.9. The standard InChI is InChI=1S/C12H24N2O4S/c1-7(2)9(13)12(16)18-5-6-19-8(3)10(14)11(15)17-4/h7-10H,5-6,13-14H2,1-4H3/t8?,9-,10?/m0/s1. The zero-order chi connectivity index (χ0) is 15.0. The second-order valence-electron chi connectivity index (χ2n) is 4.56. The number of hydrogen-bond donors (Lipinski definition) is 2. The summed E-state index contributed by atoms with van der Waals surface area (Å²) in [6.45, 7) is 5.80. The molecule has 3 atom stereocenters. The molecule has 0 aliphatic carbocycles. The Kier molecular flexibility index (Phi) is 8.79. The molecule has 0 aromatic heterocycles. The summed E-state index contributed by atoms with van der Waals surface area (Å²) >= 11 is 1.45. The molecule has 0 aliphatic heterocycles. The Morgan fingerprint density at radius 2 is 1.68 bits per heavy atom. The molecule has 0 bridgehead atoms. The Labute approximate surface area is 118 Å². The molecule has 0 fully saturated rings. The molecule has 0 aromatic carbocycles. The molecule has 0 spiro atoms. The summed E-state index contributed by atoms with van der Waals surface area (Å²) in [7, 11) is 1.30. The summed E-state index contributed by atoms with van der Waals surface area (Å²) in [6, 6.07) is -1.27. The summed E-state index contributed by atoms with van der Waals surface area (Å²) in [5.74, 6) is -0.242. The van der Waals surface area contributed by atoms with Crippen LogP contribution in [0.5, 0.6) is 0 Å². The highest BCUT2D eigenvalue weighted by atomic mass is 32.2. The minimum atomic E-state index is -0.677. The summed E-state index contributed by atoms with van der Waals surface area (Å²) in [4.78, 5) is 22.7. The lowest BCUT2D eigenvalue weighted by atomic mass is 10.1. The van der Waals surface area contributed by atoms with Crippen molar-refractivity contribution in [1.29, 1.82) is 0 Å². The first kappa shape index (κ1) is 18.2. The van der Waals surface area contributed by atoms with E-state index in [2.05, 4.69) is 4.74 Å². The molecule has 0 aliphatic rings. The maximum absolute atomic E-state index is 11.5. The Morgan fingerprint density at radius 1 is 1.11 bits per heavy atom. The van der Waals surface area contributed by atoms with Crippen LogP contribution in [0.15, 0.2) is 0 Å². The number of rotatable bonds is 8. The molecule has 0 rings (SSSR count). The van der Waals surface area contributed by atoms with Crippen molar-refractivity contribution in [3.8, 4) is 0 Å². The van der Waals surface area contributed by atoms with Gasteiger partial charge in [0.1, 0.15) is 18.7 Å². The smallest absolute Gasteiger partial charge is 0.323 e. The lowest BCUT2D eigenvalue weighted by Gasteiger charge is -2.18. The zero-order valence-corrected chi connectivity index (χ0v) is 12.7. The van der Waals surface area contributed by atoms with Crippen LogP contribution >= 0.6 is 11.8 Å². The number of carbonyl (C=O) groups excluding carboxylic acids is 2. The minimum Gasteiger partial charge on any atom is -0.468 e. The summed E-state index contributed by atoms with van der Waals surface area (Å²) in [6.07, 6.45) is 0. The largest absolute Gasteiger partial charge is 0.468 e. The van der Waals surface area contributed by atoms with Crippen LogP contribution in [0, 0.1) is 5.92 Å². The van der Waals surface area contributed by atoms with Crippen molar-refractivity contribution < 1.29 is 19.1 Å². The van der Waals surface area contributed by atoms with Gasteiger partial charge in [-0.25, -0.2) is 0 Å².